The van der Waals surface area contributed by atoms with Crippen LogP contribution in [0.3, 0.4) is 0 Å². The largest absolute Gasteiger partial charge is 0.235 e. The highest BCUT2D eigenvalue weighted by molar-refractivity contribution is 7.40. The Bertz CT molecular complexity index is 827. The third-order valence-electron chi connectivity index (χ3n) is 3.30. The van der Waals surface area contributed by atoms with Crippen LogP contribution in [-0.2, 0) is 0 Å². The topological polar surface area (TPSA) is 12.9 Å². The van der Waals surface area contributed by atoms with E-state index in [0.717, 1.165) is 10.5 Å². The molecule has 3 heterocycles. The predicted molar refractivity (Wildman–Crippen MR) is 87.8 cm³/mol. The number of fused-ring (bicyclic) bond motifs is 2. The molecule has 0 amide bonds. The van der Waals surface area contributed by atoms with Crippen molar-refractivity contribution >= 4 is 53.6 Å². The zero-order chi connectivity index (χ0) is 13.0. The summed E-state index contributed by atoms with van der Waals surface area (Å²) in [6.07, 6.45) is 0. The Morgan fingerprint density at radius 3 is 2.63 bits per heavy atom. The van der Waals surface area contributed by atoms with Gasteiger partial charge in [0.2, 0.25) is 0 Å². The molecule has 0 aliphatic heterocycles. The summed E-state index contributed by atoms with van der Waals surface area (Å²) in [4.78, 5) is 6.15. The van der Waals surface area contributed by atoms with E-state index in [1.165, 1.54) is 30.1 Å². The molecule has 4 rings (SSSR count). The molecule has 0 saturated carbocycles. The summed E-state index contributed by atoms with van der Waals surface area (Å²) in [5.74, 6) is 0. The molecule has 0 saturated heterocycles. The number of aromatic nitrogens is 1. The van der Waals surface area contributed by atoms with Crippen molar-refractivity contribution < 1.29 is 0 Å². The van der Waals surface area contributed by atoms with Crippen LogP contribution in [0, 0.1) is 13.8 Å². The van der Waals surface area contributed by atoms with Crippen molar-refractivity contribution in [2.45, 2.75) is 13.8 Å². The smallest absolute Gasteiger partial charge is 0.134 e. The molecule has 0 aliphatic carbocycles. The van der Waals surface area contributed by atoms with Crippen LogP contribution in [-0.4, -0.2) is 4.98 Å². The van der Waals surface area contributed by atoms with E-state index in [9.17, 15) is 0 Å². The monoisotopic (exact) mass is 301 g/mol. The first-order chi connectivity index (χ1) is 9.22. The van der Waals surface area contributed by atoms with Gasteiger partial charge in [-0.1, -0.05) is 12.1 Å². The van der Waals surface area contributed by atoms with Gasteiger partial charge in [-0.25, -0.2) is 4.98 Å². The second-order valence-electron chi connectivity index (χ2n) is 4.67. The molecule has 0 bridgehead atoms. The third kappa shape index (κ3) is 1.75. The van der Waals surface area contributed by atoms with E-state index in [0.29, 0.717) is 0 Å². The molecule has 0 spiro atoms. The van der Waals surface area contributed by atoms with Crippen LogP contribution in [0.4, 0.5) is 0 Å². The maximum Gasteiger partial charge on any atom is 0.134 e. The molecule has 0 fully saturated rings. The van der Waals surface area contributed by atoms with Gasteiger partial charge < -0.3 is 0 Å². The van der Waals surface area contributed by atoms with Crippen molar-refractivity contribution in [3.63, 3.8) is 0 Å². The molecule has 0 radical (unpaired) electrons. The van der Waals surface area contributed by atoms with Crippen LogP contribution in [0.2, 0.25) is 0 Å². The van der Waals surface area contributed by atoms with Crippen LogP contribution >= 0.6 is 34.0 Å². The summed E-state index contributed by atoms with van der Waals surface area (Å²) in [5.41, 5.74) is 3.75. The highest BCUT2D eigenvalue weighted by Gasteiger charge is 2.12. The van der Waals surface area contributed by atoms with Gasteiger partial charge in [0.1, 0.15) is 5.01 Å². The Morgan fingerprint density at radius 2 is 1.84 bits per heavy atom. The van der Waals surface area contributed by atoms with Gasteiger partial charge in [-0.3, -0.25) is 0 Å². The lowest BCUT2D eigenvalue weighted by molar-refractivity contribution is 1.41. The Labute approximate surface area is 123 Å². The fraction of sp³-hybridized carbons (Fsp3) is 0.133. The number of thiophene rings is 2. The average molecular weight is 301 g/mol. The van der Waals surface area contributed by atoms with Gasteiger partial charge in [-0.2, -0.15) is 0 Å². The minimum Gasteiger partial charge on any atom is -0.235 e. The Hall–Kier alpha value is -1.23. The lowest BCUT2D eigenvalue weighted by atomic mass is 10.1. The average Bonchev–Trinajstić information content (AvgIpc) is 3.05. The van der Waals surface area contributed by atoms with E-state index in [1.54, 1.807) is 0 Å². The van der Waals surface area contributed by atoms with Gasteiger partial charge in [0.15, 0.2) is 0 Å². The number of thiazole rings is 1. The standard InChI is InChI=1S/C15H11NS3/c1-8-3-4-9(2)13-12(8)16-14(19-13)11-7-10-5-6-17-15(10)18-11/h3-7H,1-2H3. The molecule has 1 nitrogen and oxygen atoms in total. The molecule has 0 aliphatic rings. The second kappa shape index (κ2) is 4.13. The van der Waals surface area contributed by atoms with Crippen molar-refractivity contribution in [3.05, 3.63) is 40.8 Å². The van der Waals surface area contributed by atoms with Crippen molar-refractivity contribution in [1.82, 2.24) is 4.98 Å². The fourth-order valence-corrected chi connectivity index (χ4v) is 5.50. The van der Waals surface area contributed by atoms with E-state index in [-0.39, 0.29) is 0 Å². The highest BCUT2D eigenvalue weighted by Crippen LogP contribution is 2.40. The van der Waals surface area contributed by atoms with E-state index < -0.39 is 0 Å². The summed E-state index contributed by atoms with van der Waals surface area (Å²) in [6, 6.07) is 8.80. The Morgan fingerprint density at radius 1 is 1.00 bits per heavy atom. The number of aryl methyl sites for hydroxylation is 2. The lowest BCUT2D eigenvalue weighted by Crippen LogP contribution is -1.78. The summed E-state index contributed by atoms with van der Waals surface area (Å²) in [5, 5.41) is 4.65. The molecule has 0 unspecified atom stereocenters. The molecule has 1 aromatic carbocycles. The first-order valence-electron chi connectivity index (χ1n) is 6.06. The van der Waals surface area contributed by atoms with E-state index in [2.05, 4.69) is 43.5 Å². The minimum absolute atomic E-state index is 1.15. The molecule has 19 heavy (non-hydrogen) atoms. The third-order valence-corrected chi connectivity index (χ3v) is 6.87. The van der Waals surface area contributed by atoms with E-state index in [4.69, 9.17) is 4.98 Å². The van der Waals surface area contributed by atoms with Gasteiger partial charge >= 0.3 is 0 Å². The van der Waals surface area contributed by atoms with E-state index >= 15 is 0 Å². The second-order valence-corrected chi connectivity index (χ2v) is 7.90. The zero-order valence-corrected chi connectivity index (χ0v) is 13.0. The van der Waals surface area contributed by atoms with Crippen molar-refractivity contribution in [2.24, 2.45) is 0 Å². The maximum absolute atomic E-state index is 4.85. The predicted octanol–water partition coefficient (Wildman–Crippen LogP) is 5.86. The van der Waals surface area contributed by atoms with Gasteiger partial charge in [0.05, 0.1) is 19.1 Å². The van der Waals surface area contributed by atoms with Crippen molar-refractivity contribution in [3.8, 4) is 9.88 Å². The van der Waals surface area contributed by atoms with Crippen LogP contribution in [0.1, 0.15) is 11.1 Å². The number of hydrogen-bond acceptors (Lipinski definition) is 4. The molecular formula is C15H11NS3. The Kier molecular flexibility index (Phi) is 2.52. The molecular weight excluding hydrogens is 290 g/mol. The normalized spacial score (nSPS) is 11.7. The zero-order valence-electron chi connectivity index (χ0n) is 10.6. The number of hydrogen-bond donors (Lipinski definition) is 0. The van der Waals surface area contributed by atoms with Crippen LogP contribution in [0.5, 0.6) is 0 Å². The molecule has 0 atom stereocenters. The van der Waals surface area contributed by atoms with Crippen LogP contribution < -0.4 is 0 Å². The van der Waals surface area contributed by atoms with Crippen molar-refractivity contribution in [2.75, 3.05) is 0 Å². The summed E-state index contributed by atoms with van der Waals surface area (Å²) < 4.78 is 2.72. The van der Waals surface area contributed by atoms with Crippen LogP contribution in [0.25, 0.3) is 29.5 Å². The molecule has 4 heteroatoms. The summed E-state index contributed by atoms with van der Waals surface area (Å²) in [7, 11) is 0. The summed E-state index contributed by atoms with van der Waals surface area (Å²) in [6.45, 7) is 4.30. The van der Waals surface area contributed by atoms with Gasteiger partial charge in [0, 0.05) is 5.39 Å². The molecule has 3 aromatic heterocycles. The fourth-order valence-electron chi connectivity index (χ4n) is 2.24. The van der Waals surface area contributed by atoms with Gasteiger partial charge in [-0.05, 0) is 42.5 Å². The highest BCUT2D eigenvalue weighted by atomic mass is 32.2. The van der Waals surface area contributed by atoms with Crippen LogP contribution in [0.15, 0.2) is 29.6 Å². The first kappa shape index (κ1) is 11.6. The van der Waals surface area contributed by atoms with Crippen molar-refractivity contribution in [1.29, 1.82) is 0 Å². The van der Waals surface area contributed by atoms with E-state index in [1.807, 2.05) is 34.0 Å². The number of nitrogens with zero attached hydrogens (tertiary/aromatic N) is 1. The molecule has 4 aromatic rings. The lowest BCUT2D eigenvalue weighted by Gasteiger charge is -1.96. The molecule has 94 valence electrons. The summed E-state index contributed by atoms with van der Waals surface area (Å²) >= 11 is 5.48. The Balaban J connectivity index is 1.98. The molecule has 0 N–H and O–H groups in total. The van der Waals surface area contributed by atoms with Gasteiger partial charge in [-0.15, -0.1) is 34.0 Å². The quantitative estimate of drug-likeness (QED) is 0.429. The minimum atomic E-state index is 1.15. The maximum atomic E-state index is 4.85. The first-order valence-corrected chi connectivity index (χ1v) is 8.58. The SMILES string of the molecule is Cc1ccc(C)c2sc(-c3cc4ccsc4s3)nc12. The number of benzene rings is 1. The number of rotatable bonds is 1. The van der Waals surface area contributed by atoms with Gasteiger partial charge in [0.25, 0.3) is 0 Å².